The quantitative estimate of drug-likeness (QED) is 0.258. The van der Waals surface area contributed by atoms with Crippen LogP contribution in [0.3, 0.4) is 0 Å². The Hall–Kier alpha value is -1.86. The molecule has 2 heterocycles. The molecule has 5 fully saturated rings. The highest BCUT2D eigenvalue weighted by Crippen LogP contribution is 2.73. The maximum atomic E-state index is 13.8. The molecule has 0 radical (unpaired) electrons. The van der Waals surface area contributed by atoms with Gasteiger partial charge in [0.25, 0.3) is 0 Å². The van der Waals surface area contributed by atoms with Crippen LogP contribution in [0.25, 0.3) is 0 Å². The molecule has 234 valence electrons. The Kier molecular flexibility index (Phi) is 7.06. The Bertz CT molecular complexity index is 1340. The van der Waals surface area contributed by atoms with Gasteiger partial charge in [-0.2, -0.15) is 8.42 Å². The van der Waals surface area contributed by atoms with Crippen molar-refractivity contribution in [1.82, 2.24) is 0 Å². The van der Waals surface area contributed by atoms with E-state index < -0.39 is 51.7 Å². The molecule has 6 aliphatic rings. The highest BCUT2D eigenvalue weighted by atomic mass is 32.3. The number of fused-ring (bicyclic) bond motifs is 4. The zero-order valence-corrected chi connectivity index (χ0v) is 25.6. The second kappa shape index (κ2) is 9.82. The number of epoxide rings is 1. The summed E-state index contributed by atoms with van der Waals surface area (Å²) in [6.45, 7) is 9.51. The second-order valence-electron chi connectivity index (χ2n) is 14.1. The van der Waals surface area contributed by atoms with E-state index in [1.54, 1.807) is 0 Å². The number of ketones is 1. The molecular weight excluding hydrogens is 568 g/mol. The van der Waals surface area contributed by atoms with E-state index in [1.807, 2.05) is 13.8 Å². The van der Waals surface area contributed by atoms with Crippen LogP contribution in [0.5, 0.6) is 0 Å². The molecule has 0 aromatic rings. The van der Waals surface area contributed by atoms with Crippen molar-refractivity contribution in [3.05, 3.63) is 11.1 Å². The number of cyclic esters (lactones) is 1. The Morgan fingerprint density at radius 3 is 2.50 bits per heavy atom. The van der Waals surface area contributed by atoms with E-state index in [4.69, 9.17) is 18.4 Å². The first-order valence-corrected chi connectivity index (χ1v) is 16.5. The van der Waals surface area contributed by atoms with Gasteiger partial charge >= 0.3 is 22.3 Å². The Morgan fingerprint density at radius 1 is 1.14 bits per heavy atom. The number of hydrogen-bond acceptors (Lipinski definition) is 10. The number of rotatable bonds is 6. The number of aliphatic hydroxyl groups is 1. The Morgan fingerprint density at radius 2 is 1.86 bits per heavy atom. The van der Waals surface area contributed by atoms with Crippen LogP contribution in [0.4, 0.5) is 0 Å². The minimum atomic E-state index is -4.85. The normalized spacial score (nSPS) is 47.0. The highest BCUT2D eigenvalue weighted by molar-refractivity contribution is 7.80. The average Bonchev–Trinajstić information content (AvgIpc) is 3.52. The lowest BCUT2D eigenvalue weighted by atomic mass is 9.43. The van der Waals surface area contributed by atoms with Crippen LogP contribution < -0.4 is 0 Å². The van der Waals surface area contributed by atoms with Crippen LogP contribution in [0.1, 0.15) is 79.6 Å². The molecule has 12 atom stereocenters. The molecule has 5 unspecified atom stereocenters. The smallest absolute Gasteiger partial charge is 0.397 e. The first-order valence-electron chi connectivity index (χ1n) is 15.1. The van der Waals surface area contributed by atoms with Crippen LogP contribution in [-0.4, -0.2) is 72.4 Å². The van der Waals surface area contributed by atoms with Gasteiger partial charge in [-0.3, -0.25) is 14.1 Å². The lowest BCUT2D eigenvalue weighted by Crippen LogP contribution is -2.68. The number of Topliss-reactive ketones (excluding diaryl/α,β-unsaturated/α-hetero) is 1. The molecule has 0 aromatic heterocycles. The van der Waals surface area contributed by atoms with Gasteiger partial charge in [-0.25, -0.2) is 8.98 Å². The monoisotopic (exact) mass is 610 g/mol. The SMILES string of the molecule is CC(=O)OCC1=C(C)CC([C@@H](C)C2CCC3C4C[C@H]5O[C@]56[C@@H](O)[C@@H](OS(=O)(=O)O)CC(=O)[C@]6(C)C4CC[C@@]32C)OC1=O. The predicted octanol–water partition coefficient (Wildman–Crippen LogP) is 2.95. The van der Waals surface area contributed by atoms with Crippen molar-refractivity contribution in [2.24, 2.45) is 40.4 Å². The average molecular weight is 611 g/mol. The minimum Gasteiger partial charge on any atom is -0.461 e. The third kappa shape index (κ3) is 4.26. The summed E-state index contributed by atoms with van der Waals surface area (Å²) in [4.78, 5) is 37.9. The minimum absolute atomic E-state index is 0.0270. The van der Waals surface area contributed by atoms with Crippen LogP contribution in [0.15, 0.2) is 11.1 Å². The summed E-state index contributed by atoms with van der Waals surface area (Å²) in [7, 11) is -4.85. The largest absolute Gasteiger partial charge is 0.461 e. The molecule has 4 saturated carbocycles. The molecule has 12 heteroatoms. The maximum Gasteiger partial charge on any atom is 0.397 e. The third-order valence-electron chi connectivity index (χ3n) is 12.5. The standard InChI is InChI=1S/C30H42O11S/c1-14-10-22(39-27(34)18(14)13-38-16(3)31)15(2)19-6-7-20-17-11-25-30(40-25)26(33)23(41-42(35,36)37)12-24(32)29(30,5)21(17)8-9-28(19,20)4/h15,17,19-23,25-26,33H,6-13H2,1-5H3,(H,35,36,37)/t15-,17?,19?,20?,21?,22?,23-,25+,26-,28+,29-,30-/m0/s1. The van der Waals surface area contributed by atoms with Crippen molar-refractivity contribution in [2.45, 2.75) is 110 Å². The molecule has 0 amide bonds. The summed E-state index contributed by atoms with van der Waals surface area (Å²) in [6, 6.07) is 0. The lowest BCUT2D eigenvalue weighted by molar-refractivity contribution is -0.178. The summed E-state index contributed by atoms with van der Waals surface area (Å²) >= 11 is 0. The fourth-order valence-electron chi connectivity index (χ4n) is 10.4. The van der Waals surface area contributed by atoms with Crippen molar-refractivity contribution in [3.63, 3.8) is 0 Å². The molecule has 0 aromatic carbocycles. The van der Waals surface area contributed by atoms with Gasteiger partial charge in [-0.1, -0.05) is 19.4 Å². The molecule has 2 aliphatic heterocycles. The number of carbonyl (C=O) groups excluding carboxylic acids is 3. The Labute approximate surface area is 246 Å². The molecule has 2 N–H and O–H groups in total. The first-order chi connectivity index (χ1) is 19.5. The predicted molar refractivity (Wildman–Crippen MR) is 146 cm³/mol. The van der Waals surface area contributed by atoms with E-state index in [9.17, 15) is 32.5 Å². The van der Waals surface area contributed by atoms with E-state index in [-0.39, 0.29) is 48.1 Å². The highest BCUT2D eigenvalue weighted by Gasteiger charge is 2.82. The van der Waals surface area contributed by atoms with Crippen molar-refractivity contribution < 1.29 is 50.9 Å². The van der Waals surface area contributed by atoms with E-state index >= 15 is 0 Å². The molecule has 4 aliphatic carbocycles. The van der Waals surface area contributed by atoms with E-state index in [0.29, 0.717) is 30.3 Å². The van der Waals surface area contributed by atoms with E-state index in [1.165, 1.54) is 6.92 Å². The lowest BCUT2D eigenvalue weighted by Gasteiger charge is -2.59. The number of carbonyl (C=O) groups is 3. The summed E-state index contributed by atoms with van der Waals surface area (Å²) in [6.07, 6.45) is 1.20. The number of esters is 2. The fraction of sp³-hybridized carbons (Fsp3) is 0.833. The van der Waals surface area contributed by atoms with Gasteiger partial charge in [0, 0.05) is 19.8 Å². The third-order valence-corrected chi connectivity index (χ3v) is 13.0. The van der Waals surface area contributed by atoms with Crippen LogP contribution >= 0.6 is 0 Å². The van der Waals surface area contributed by atoms with E-state index in [2.05, 4.69) is 13.8 Å². The van der Waals surface area contributed by atoms with Crippen molar-refractivity contribution in [1.29, 1.82) is 0 Å². The fourth-order valence-corrected chi connectivity index (χ4v) is 10.9. The second-order valence-corrected chi connectivity index (χ2v) is 15.2. The van der Waals surface area contributed by atoms with Crippen molar-refractivity contribution in [2.75, 3.05) is 6.61 Å². The molecule has 11 nitrogen and oxygen atoms in total. The number of hydrogen-bond donors (Lipinski definition) is 2. The van der Waals surface area contributed by atoms with Crippen molar-refractivity contribution >= 4 is 28.1 Å². The van der Waals surface area contributed by atoms with Gasteiger partial charge in [0.1, 0.15) is 36.3 Å². The van der Waals surface area contributed by atoms with Gasteiger partial charge in [0.2, 0.25) is 0 Å². The first kappa shape index (κ1) is 30.2. The van der Waals surface area contributed by atoms with Crippen molar-refractivity contribution in [3.8, 4) is 0 Å². The van der Waals surface area contributed by atoms with Gasteiger partial charge < -0.3 is 19.3 Å². The number of aliphatic hydroxyl groups excluding tert-OH is 1. The Balaban J connectivity index is 1.21. The molecule has 1 saturated heterocycles. The zero-order chi connectivity index (χ0) is 30.6. The van der Waals surface area contributed by atoms with Gasteiger partial charge in [0.15, 0.2) is 0 Å². The molecule has 42 heavy (non-hydrogen) atoms. The van der Waals surface area contributed by atoms with Crippen LogP contribution in [-0.2, 0) is 43.2 Å². The zero-order valence-electron chi connectivity index (χ0n) is 24.8. The molecular formula is C30H42O11S. The van der Waals surface area contributed by atoms with Gasteiger partial charge in [-0.15, -0.1) is 0 Å². The van der Waals surface area contributed by atoms with Crippen LogP contribution in [0, 0.1) is 40.4 Å². The maximum absolute atomic E-state index is 13.8. The van der Waals surface area contributed by atoms with Gasteiger partial charge in [0.05, 0.1) is 17.1 Å². The van der Waals surface area contributed by atoms with E-state index in [0.717, 1.165) is 31.3 Å². The summed E-state index contributed by atoms with van der Waals surface area (Å²) < 4.78 is 54.0. The van der Waals surface area contributed by atoms with Gasteiger partial charge in [-0.05, 0) is 81.0 Å². The van der Waals surface area contributed by atoms with Crippen LogP contribution in [0.2, 0.25) is 0 Å². The number of ether oxygens (including phenoxy) is 3. The summed E-state index contributed by atoms with van der Waals surface area (Å²) in [5.74, 6) is -0.137. The molecule has 1 spiro atoms. The molecule has 0 bridgehead atoms. The summed E-state index contributed by atoms with van der Waals surface area (Å²) in [5, 5.41) is 11.3. The molecule has 6 rings (SSSR count). The summed E-state index contributed by atoms with van der Waals surface area (Å²) in [5.41, 5.74) is -0.913. The topological polar surface area (TPSA) is 166 Å².